The van der Waals surface area contributed by atoms with E-state index in [0.717, 1.165) is 12.1 Å². The first kappa shape index (κ1) is 12.9. The summed E-state index contributed by atoms with van der Waals surface area (Å²) in [5.41, 5.74) is 1.43. The van der Waals surface area contributed by atoms with E-state index in [-0.39, 0.29) is 0 Å². The molecule has 3 N–H and O–H groups in total. The van der Waals surface area contributed by atoms with Crippen LogP contribution in [-0.4, -0.2) is 23.2 Å². The van der Waals surface area contributed by atoms with E-state index in [2.05, 4.69) is 5.32 Å². The van der Waals surface area contributed by atoms with Crippen LogP contribution in [0.25, 0.3) is 0 Å². The Hall–Kier alpha value is -0.545. The third kappa shape index (κ3) is 3.46. The van der Waals surface area contributed by atoms with Gasteiger partial charge in [0.2, 0.25) is 0 Å². The van der Waals surface area contributed by atoms with E-state index >= 15 is 0 Å². The van der Waals surface area contributed by atoms with Gasteiger partial charge in [-0.25, -0.2) is 0 Å². The zero-order valence-electron chi connectivity index (χ0n) is 9.69. The van der Waals surface area contributed by atoms with Crippen molar-refractivity contribution < 1.29 is 10.0 Å². The van der Waals surface area contributed by atoms with Gasteiger partial charge in [-0.3, -0.25) is 0 Å². The van der Waals surface area contributed by atoms with Crippen molar-refractivity contribution in [2.45, 2.75) is 38.3 Å². The average Bonchev–Trinajstić information content (AvgIpc) is 2.78. The second-order valence-corrected chi connectivity index (χ2v) is 5.00. The summed E-state index contributed by atoms with van der Waals surface area (Å²) >= 11 is 5.97. The maximum atomic E-state index is 9.05. The molecule has 1 aliphatic carbocycles. The van der Waals surface area contributed by atoms with Gasteiger partial charge in [-0.2, -0.15) is 0 Å². The Morgan fingerprint density at radius 2 is 2.00 bits per heavy atom. The number of halogens is 1. The van der Waals surface area contributed by atoms with Crippen LogP contribution in [0.5, 0.6) is 0 Å². The molecule has 0 atom stereocenters. The van der Waals surface area contributed by atoms with E-state index in [1.165, 1.54) is 25.7 Å². The van der Waals surface area contributed by atoms with Crippen LogP contribution in [0.4, 0.5) is 0 Å². The van der Waals surface area contributed by atoms with Crippen LogP contribution < -0.4 is 10.8 Å². The molecular weight excluding hydrogens is 236 g/mol. The molecule has 0 saturated heterocycles. The van der Waals surface area contributed by atoms with E-state index in [9.17, 15) is 0 Å². The van der Waals surface area contributed by atoms with E-state index in [4.69, 9.17) is 21.6 Å². The van der Waals surface area contributed by atoms with Gasteiger partial charge in [0.15, 0.2) is 0 Å². The minimum Gasteiger partial charge on any atom is -0.423 e. The lowest BCUT2D eigenvalue weighted by Gasteiger charge is -2.12. The van der Waals surface area contributed by atoms with Crippen molar-refractivity contribution in [2.75, 3.05) is 0 Å². The number of nitrogens with one attached hydrogen (secondary N) is 1. The first-order valence-corrected chi connectivity index (χ1v) is 6.42. The molecule has 1 aromatic carbocycles. The molecule has 0 spiro atoms. The van der Waals surface area contributed by atoms with Crippen molar-refractivity contribution >= 4 is 24.2 Å². The average molecular weight is 254 g/mol. The Morgan fingerprint density at radius 3 is 2.59 bits per heavy atom. The fourth-order valence-corrected chi connectivity index (χ4v) is 2.58. The van der Waals surface area contributed by atoms with Crippen molar-refractivity contribution in [3.8, 4) is 0 Å². The van der Waals surface area contributed by atoms with Crippen LogP contribution in [0.1, 0.15) is 31.2 Å². The molecule has 0 heterocycles. The molecule has 0 radical (unpaired) electrons. The molecule has 1 aliphatic rings. The second kappa shape index (κ2) is 5.87. The predicted molar refractivity (Wildman–Crippen MR) is 70.4 cm³/mol. The zero-order chi connectivity index (χ0) is 12.3. The quantitative estimate of drug-likeness (QED) is 0.703. The number of rotatable bonds is 4. The van der Waals surface area contributed by atoms with Crippen LogP contribution in [0.2, 0.25) is 5.02 Å². The van der Waals surface area contributed by atoms with Crippen molar-refractivity contribution in [3.63, 3.8) is 0 Å². The van der Waals surface area contributed by atoms with Gasteiger partial charge in [-0.1, -0.05) is 36.6 Å². The number of hydrogen-bond donors (Lipinski definition) is 3. The molecule has 0 amide bonds. The highest BCUT2D eigenvalue weighted by atomic mass is 35.5. The molecule has 0 bridgehead atoms. The molecule has 92 valence electrons. The number of benzene rings is 1. The van der Waals surface area contributed by atoms with Crippen LogP contribution in [0.3, 0.4) is 0 Å². The minimum absolute atomic E-state index is 0.358. The molecule has 1 fully saturated rings. The van der Waals surface area contributed by atoms with Gasteiger partial charge in [0.1, 0.15) is 0 Å². The normalized spacial score (nSPS) is 16.4. The van der Waals surface area contributed by atoms with Gasteiger partial charge in [0.25, 0.3) is 0 Å². The summed E-state index contributed by atoms with van der Waals surface area (Å²) in [7, 11) is -1.50. The molecule has 0 unspecified atom stereocenters. The van der Waals surface area contributed by atoms with E-state index in [1.807, 2.05) is 6.07 Å². The standard InChI is InChI=1S/C12H17BClNO2/c14-12-7-9(5-6-11(12)13(16)17)8-15-10-3-1-2-4-10/h5-7,10,15-17H,1-4,8H2. The molecular formula is C12H17BClNO2. The van der Waals surface area contributed by atoms with Gasteiger partial charge < -0.3 is 15.4 Å². The van der Waals surface area contributed by atoms with Gasteiger partial charge in [0, 0.05) is 23.1 Å². The summed E-state index contributed by atoms with van der Waals surface area (Å²) in [5, 5.41) is 22.0. The summed E-state index contributed by atoms with van der Waals surface area (Å²) in [6.45, 7) is 0.784. The van der Waals surface area contributed by atoms with Gasteiger partial charge in [-0.05, 0) is 24.5 Å². The monoisotopic (exact) mass is 253 g/mol. The third-order valence-electron chi connectivity index (χ3n) is 3.29. The van der Waals surface area contributed by atoms with Crippen LogP contribution in [0.15, 0.2) is 18.2 Å². The molecule has 1 saturated carbocycles. The SMILES string of the molecule is OB(O)c1ccc(CNC2CCCC2)cc1Cl. The second-order valence-electron chi connectivity index (χ2n) is 4.59. The molecule has 5 heteroatoms. The lowest BCUT2D eigenvalue weighted by atomic mass is 9.80. The molecule has 3 nitrogen and oxygen atoms in total. The third-order valence-corrected chi connectivity index (χ3v) is 3.62. The Labute approximate surface area is 107 Å². The highest BCUT2D eigenvalue weighted by Crippen LogP contribution is 2.18. The summed E-state index contributed by atoms with van der Waals surface area (Å²) in [6.07, 6.45) is 5.13. The predicted octanol–water partition coefficient (Wildman–Crippen LogP) is 1.05. The Kier molecular flexibility index (Phi) is 4.45. The lowest BCUT2D eigenvalue weighted by Crippen LogP contribution is -2.31. The van der Waals surface area contributed by atoms with Crippen molar-refractivity contribution in [1.82, 2.24) is 5.32 Å². The number of hydrogen-bond acceptors (Lipinski definition) is 3. The summed E-state index contributed by atoms with van der Waals surface area (Å²) in [5.74, 6) is 0. The first-order chi connectivity index (χ1) is 8.16. The molecule has 0 aromatic heterocycles. The zero-order valence-corrected chi connectivity index (χ0v) is 10.5. The fourth-order valence-electron chi connectivity index (χ4n) is 2.28. The van der Waals surface area contributed by atoms with Gasteiger partial charge in [-0.15, -0.1) is 0 Å². The fraction of sp³-hybridized carbons (Fsp3) is 0.500. The van der Waals surface area contributed by atoms with E-state index in [1.54, 1.807) is 12.1 Å². The first-order valence-electron chi connectivity index (χ1n) is 6.04. The van der Waals surface area contributed by atoms with Gasteiger partial charge >= 0.3 is 7.12 Å². The molecule has 2 rings (SSSR count). The van der Waals surface area contributed by atoms with E-state index < -0.39 is 7.12 Å². The van der Waals surface area contributed by atoms with Crippen LogP contribution in [0, 0.1) is 0 Å². The summed E-state index contributed by atoms with van der Waals surface area (Å²) in [4.78, 5) is 0. The molecule has 0 aliphatic heterocycles. The maximum Gasteiger partial charge on any atom is 0.489 e. The van der Waals surface area contributed by atoms with Gasteiger partial charge in [0.05, 0.1) is 0 Å². The smallest absolute Gasteiger partial charge is 0.423 e. The van der Waals surface area contributed by atoms with E-state index in [0.29, 0.717) is 16.5 Å². The topological polar surface area (TPSA) is 52.5 Å². The maximum absolute atomic E-state index is 9.05. The summed E-state index contributed by atoms with van der Waals surface area (Å²) in [6, 6.07) is 5.95. The van der Waals surface area contributed by atoms with Crippen molar-refractivity contribution in [3.05, 3.63) is 28.8 Å². The Morgan fingerprint density at radius 1 is 1.29 bits per heavy atom. The van der Waals surface area contributed by atoms with Crippen molar-refractivity contribution in [1.29, 1.82) is 0 Å². The minimum atomic E-state index is -1.50. The van der Waals surface area contributed by atoms with Crippen LogP contribution >= 0.6 is 11.6 Å². The lowest BCUT2D eigenvalue weighted by molar-refractivity contribution is 0.426. The Balaban J connectivity index is 1.94. The molecule has 17 heavy (non-hydrogen) atoms. The largest absolute Gasteiger partial charge is 0.489 e. The van der Waals surface area contributed by atoms with Crippen molar-refractivity contribution in [2.24, 2.45) is 0 Å². The summed E-state index contributed by atoms with van der Waals surface area (Å²) < 4.78 is 0. The molecule has 1 aromatic rings. The highest BCUT2D eigenvalue weighted by Gasteiger charge is 2.16. The Bertz CT molecular complexity index is 381. The highest BCUT2D eigenvalue weighted by molar-refractivity contribution is 6.62. The van der Waals surface area contributed by atoms with Crippen LogP contribution in [-0.2, 0) is 6.54 Å².